The van der Waals surface area contributed by atoms with Crippen LogP contribution in [-0.2, 0) is 9.84 Å². The Labute approximate surface area is 152 Å². The molecule has 2 amide bonds. The highest BCUT2D eigenvalue weighted by atomic mass is 32.2. The summed E-state index contributed by atoms with van der Waals surface area (Å²) in [7, 11) is -1.52. The molecule has 0 radical (unpaired) electrons. The molecule has 0 saturated carbocycles. The fourth-order valence-electron chi connectivity index (χ4n) is 3.08. The summed E-state index contributed by atoms with van der Waals surface area (Å²) in [6, 6.07) is 4.87. The van der Waals surface area contributed by atoms with Crippen LogP contribution in [0.1, 0.15) is 40.9 Å². The molecule has 9 heteroatoms. The summed E-state index contributed by atoms with van der Waals surface area (Å²) in [4.78, 5) is 31.0. The van der Waals surface area contributed by atoms with Gasteiger partial charge in [-0.05, 0) is 25.0 Å². The van der Waals surface area contributed by atoms with Crippen LogP contribution in [0, 0.1) is 0 Å². The number of nitrogens with zero attached hydrogens (tertiary/aromatic N) is 3. The number of amides is 2. The first kappa shape index (κ1) is 18.4. The minimum Gasteiger partial charge on any atom is -0.351 e. The van der Waals surface area contributed by atoms with E-state index in [1.165, 1.54) is 4.90 Å². The number of hydrogen-bond acceptors (Lipinski definition) is 5. The molecule has 0 aromatic carbocycles. The molecule has 2 aromatic heterocycles. The van der Waals surface area contributed by atoms with Gasteiger partial charge in [-0.1, -0.05) is 13.0 Å². The monoisotopic (exact) mass is 378 g/mol. The van der Waals surface area contributed by atoms with E-state index in [-0.39, 0.29) is 35.0 Å². The Hall–Kier alpha value is -2.42. The number of aromatic nitrogens is 2. The minimum atomic E-state index is -3.10. The lowest BCUT2D eigenvalue weighted by molar-refractivity contribution is 0.0734. The predicted octanol–water partition coefficient (Wildman–Crippen LogP) is 0.733. The van der Waals surface area contributed by atoms with Crippen LogP contribution in [0.3, 0.4) is 0 Å². The smallest absolute Gasteiger partial charge is 0.290 e. The van der Waals surface area contributed by atoms with Crippen molar-refractivity contribution in [3.8, 4) is 0 Å². The molecule has 1 N–H and O–H groups in total. The van der Waals surface area contributed by atoms with E-state index in [1.54, 1.807) is 35.8 Å². The molecule has 3 heterocycles. The van der Waals surface area contributed by atoms with Gasteiger partial charge in [0.1, 0.15) is 0 Å². The molecule has 1 saturated heterocycles. The highest BCUT2D eigenvalue weighted by molar-refractivity contribution is 7.91. The number of hydrogen-bond donors (Lipinski definition) is 1. The summed E-state index contributed by atoms with van der Waals surface area (Å²) in [5.74, 6) is -0.581. The molecular formula is C17H22N4O4S. The average Bonchev–Trinajstić information content (AvgIpc) is 3.18. The first-order valence-corrected chi connectivity index (χ1v) is 10.4. The van der Waals surface area contributed by atoms with Crippen molar-refractivity contribution in [2.24, 2.45) is 0 Å². The Balaban J connectivity index is 1.94. The Morgan fingerprint density at radius 3 is 2.81 bits per heavy atom. The average molecular weight is 378 g/mol. The standard InChI is InChI=1S/C17H22N4O4S/c1-3-8-18-16(22)14-13-6-4-5-9-21(13)15(19-14)17(23)20(2)12-7-10-26(24,25)11-12/h4-6,9,12H,3,7-8,10-11H2,1-2H3,(H,18,22). The number of fused-ring (bicyclic) bond motifs is 1. The van der Waals surface area contributed by atoms with E-state index < -0.39 is 15.7 Å². The molecule has 26 heavy (non-hydrogen) atoms. The normalized spacial score (nSPS) is 18.8. The zero-order valence-electron chi connectivity index (χ0n) is 14.8. The van der Waals surface area contributed by atoms with Crippen LogP contribution < -0.4 is 5.32 Å². The topological polar surface area (TPSA) is 101 Å². The van der Waals surface area contributed by atoms with Crippen LogP contribution in [0.2, 0.25) is 0 Å². The van der Waals surface area contributed by atoms with Crippen LogP contribution >= 0.6 is 0 Å². The second-order valence-electron chi connectivity index (χ2n) is 6.47. The minimum absolute atomic E-state index is 0.0393. The summed E-state index contributed by atoms with van der Waals surface area (Å²) in [5.41, 5.74) is 0.728. The lowest BCUT2D eigenvalue weighted by atomic mass is 10.2. The summed E-state index contributed by atoms with van der Waals surface area (Å²) in [5, 5.41) is 2.77. The number of sulfone groups is 1. The van der Waals surface area contributed by atoms with Gasteiger partial charge in [-0.25, -0.2) is 13.4 Å². The summed E-state index contributed by atoms with van der Waals surface area (Å²) < 4.78 is 25.0. The van der Waals surface area contributed by atoms with E-state index in [1.807, 2.05) is 6.92 Å². The number of pyridine rings is 1. The van der Waals surface area contributed by atoms with Gasteiger partial charge in [0.25, 0.3) is 11.8 Å². The van der Waals surface area contributed by atoms with Crippen molar-refractivity contribution in [3.63, 3.8) is 0 Å². The summed E-state index contributed by atoms with van der Waals surface area (Å²) in [6.07, 6.45) is 2.88. The number of carbonyl (C=O) groups is 2. The molecule has 2 aromatic rings. The highest BCUT2D eigenvalue weighted by Crippen LogP contribution is 2.20. The van der Waals surface area contributed by atoms with Gasteiger partial charge in [-0.2, -0.15) is 0 Å². The van der Waals surface area contributed by atoms with Crippen LogP contribution in [0.25, 0.3) is 5.52 Å². The van der Waals surface area contributed by atoms with Crippen molar-refractivity contribution >= 4 is 27.2 Å². The summed E-state index contributed by atoms with van der Waals surface area (Å²) >= 11 is 0. The van der Waals surface area contributed by atoms with Gasteiger partial charge in [0, 0.05) is 25.8 Å². The van der Waals surface area contributed by atoms with Crippen molar-refractivity contribution < 1.29 is 18.0 Å². The van der Waals surface area contributed by atoms with Crippen molar-refractivity contribution in [1.29, 1.82) is 0 Å². The van der Waals surface area contributed by atoms with E-state index in [4.69, 9.17) is 0 Å². The van der Waals surface area contributed by atoms with E-state index in [9.17, 15) is 18.0 Å². The molecule has 0 aliphatic carbocycles. The first-order chi connectivity index (χ1) is 12.3. The molecule has 1 unspecified atom stereocenters. The quantitative estimate of drug-likeness (QED) is 0.827. The number of rotatable bonds is 5. The van der Waals surface area contributed by atoms with Crippen LogP contribution in [0.15, 0.2) is 24.4 Å². The molecule has 3 rings (SSSR count). The van der Waals surface area contributed by atoms with Crippen molar-refractivity contribution in [2.75, 3.05) is 25.1 Å². The van der Waals surface area contributed by atoms with Crippen LogP contribution in [0.5, 0.6) is 0 Å². The number of nitrogens with one attached hydrogen (secondary N) is 1. The zero-order valence-corrected chi connectivity index (χ0v) is 15.6. The molecule has 0 bridgehead atoms. The lowest BCUT2D eigenvalue weighted by Gasteiger charge is -2.22. The second kappa shape index (κ2) is 7.06. The molecule has 8 nitrogen and oxygen atoms in total. The fourth-order valence-corrected chi connectivity index (χ4v) is 4.86. The van der Waals surface area contributed by atoms with E-state index >= 15 is 0 Å². The largest absolute Gasteiger partial charge is 0.351 e. The predicted molar refractivity (Wildman–Crippen MR) is 97.0 cm³/mol. The van der Waals surface area contributed by atoms with E-state index in [0.29, 0.717) is 18.5 Å². The van der Waals surface area contributed by atoms with Crippen molar-refractivity contribution in [3.05, 3.63) is 35.9 Å². The maximum atomic E-state index is 12.9. The Bertz CT molecular complexity index is 951. The maximum absolute atomic E-state index is 12.9. The van der Waals surface area contributed by atoms with Crippen molar-refractivity contribution in [2.45, 2.75) is 25.8 Å². The fraction of sp³-hybridized carbons (Fsp3) is 0.471. The number of imidazole rings is 1. The van der Waals surface area contributed by atoms with Gasteiger partial charge in [0.15, 0.2) is 15.5 Å². The zero-order chi connectivity index (χ0) is 18.9. The van der Waals surface area contributed by atoms with Crippen LogP contribution in [-0.4, -0.2) is 65.7 Å². The second-order valence-corrected chi connectivity index (χ2v) is 8.70. The van der Waals surface area contributed by atoms with E-state index in [0.717, 1.165) is 6.42 Å². The third-order valence-electron chi connectivity index (χ3n) is 4.57. The van der Waals surface area contributed by atoms with Gasteiger partial charge < -0.3 is 10.2 Å². The van der Waals surface area contributed by atoms with Gasteiger partial charge >= 0.3 is 0 Å². The molecule has 1 atom stereocenters. The first-order valence-electron chi connectivity index (χ1n) is 8.57. The van der Waals surface area contributed by atoms with Gasteiger partial charge in [0.2, 0.25) is 5.82 Å². The van der Waals surface area contributed by atoms with Gasteiger partial charge in [0.05, 0.1) is 17.0 Å². The molecule has 140 valence electrons. The highest BCUT2D eigenvalue weighted by Gasteiger charge is 2.34. The van der Waals surface area contributed by atoms with Gasteiger partial charge in [-0.15, -0.1) is 0 Å². The molecule has 1 fully saturated rings. The van der Waals surface area contributed by atoms with Gasteiger partial charge in [-0.3, -0.25) is 14.0 Å². The molecule has 1 aliphatic heterocycles. The summed E-state index contributed by atoms with van der Waals surface area (Å²) in [6.45, 7) is 2.47. The Morgan fingerprint density at radius 1 is 1.38 bits per heavy atom. The number of carbonyl (C=O) groups excluding carboxylic acids is 2. The third-order valence-corrected chi connectivity index (χ3v) is 6.32. The Morgan fingerprint density at radius 2 is 2.15 bits per heavy atom. The lowest BCUT2D eigenvalue weighted by Crippen LogP contribution is -2.38. The van der Waals surface area contributed by atoms with Crippen LogP contribution in [0.4, 0.5) is 0 Å². The van der Waals surface area contributed by atoms with E-state index in [2.05, 4.69) is 10.3 Å². The Kier molecular flexibility index (Phi) is 4.99. The maximum Gasteiger partial charge on any atom is 0.290 e. The molecule has 0 spiro atoms. The molecule has 1 aliphatic rings. The molecular weight excluding hydrogens is 356 g/mol. The third kappa shape index (κ3) is 3.44. The van der Waals surface area contributed by atoms with Crippen molar-refractivity contribution in [1.82, 2.24) is 19.6 Å². The SMILES string of the molecule is CCCNC(=O)c1nc(C(=O)N(C)C2CCS(=O)(=O)C2)n2ccccc12.